The number of aliphatic hydroxyl groups is 1. The molecule has 0 saturated heterocycles. The molecular weight excluding hydrogens is 243 g/mol. The van der Waals surface area contributed by atoms with E-state index in [1.54, 1.807) is 12.1 Å². The molecule has 0 aliphatic heterocycles. The molecule has 0 heterocycles. The van der Waals surface area contributed by atoms with Crippen LogP contribution in [0.3, 0.4) is 0 Å². The van der Waals surface area contributed by atoms with E-state index in [4.69, 9.17) is 5.73 Å². The maximum Gasteiger partial charge on any atom is 0.128 e. The second kappa shape index (κ2) is 6.67. The highest BCUT2D eigenvalue weighted by atomic mass is 19.1. The van der Waals surface area contributed by atoms with Crippen molar-refractivity contribution in [3.63, 3.8) is 0 Å². The van der Waals surface area contributed by atoms with Gasteiger partial charge in [-0.1, -0.05) is 17.9 Å². The molecule has 1 rings (SSSR count). The molecule has 0 amide bonds. The average Bonchev–Trinajstić information content (AvgIpc) is 2.39. The highest BCUT2D eigenvalue weighted by Gasteiger charge is 2.23. The molecule has 19 heavy (non-hydrogen) atoms. The number of nitrogens with zero attached hydrogens (tertiary/aromatic N) is 1. The van der Waals surface area contributed by atoms with Crippen LogP contribution in [0.5, 0.6) is 0 Å². The lowest BCUT2D eigenvalue weighted by Gasteiger charge is -2.33. The van der Waals surface area contributed by atoms with Crippen LogP contribution in [0.1, 0.15) is 25.0 Å². The predicted molar refractivity (Wildman–Crippen MR) is 75.0 cm³/mol. The van der Waals surface area contributed by atoms with E-state index in [-0.39, 0.29) is 24.5 Å². The summed E-state index contributed by atoms with van der Waals surface area (Å²) in [6.45, 7) is 4.53. The molecule has 0 spiro atoms. The highest BCUT2D eigenvalue weighted by Crippen LogP contribution is 2.17. The maximum atomic E-state index is 13.9. The SMILES string of the molecule is CN(Cc1ccc(C#CCN)cc1F)C(C)(C)CO. The molecule has 0 unspecified atom stereocenters. The number of rotatable bonds is 4. The van der Waals surface area contributed by atoms with E-state index in [9.17, 15) is 9.50 Å². The van der Waals surface area contributed by atoms with Crippen molar-refractivity contribution in [2.24, 2.45) is 5.73 Å². The minimum Gasteiger partial charge on any atom is -0.394 e. The molecule has 0 aliphatic carbocycles. The zero-order valence-electron chi connectivity index (χ0n) is 11.7. The van der Waals surface area contributed by atoms with Crippen molar-refractivity contribution in [3.8, 4) is 11.8 Å². The zero-order valence-corrected chi connectivity index (χ0v) is 11.7. The molecule has 0 aliphatic rings. The van der Waals surface area contributed by atoms with E-state index in [0.29, 0.717) is 17.7 Å². The Morgan fingerprint density at radius 2 is 2.11 bits per heavy atom. The Kier molecular flexibility index (Phi) is 5.49. The van der Waals surface area contributed by atoms with Crippen LogP contribution in [0.25, 0.3) is 0 Å². The van der Waals surface area contributed by atoms with Crippen molar-refractivity contribution >= 4 is 0 Å². The molecule has 4 heteroatoms. The summed E-state index contributed by atoms with van der Waals surface area (Å²) in [4.78, 5) is 1.91. The van der Waals surface area contributed by atoms with Gasteiger partial charge in [0.2, 0.25) is 0 Å². The summed E-state index contributed by atoms with van der Waals surface area (Å²) in [5.74, 6) is 5.20. The van der Waals surface area contributed by atoms with Gasteiger partial charge in [-0.2, -0.15) is 0 Å². The first-order chi connectivity index (χ1) is 8.90. The highest BCUT2D eigenvalue weighted by molar-refractivity contribution is 5.37. The van der Waals surface area contributed by atoms with Crippen LogP contribution in [0.15, 0.2) is 18.2 Å². The number of hydrogen-bond donors (Lipinski definition) is 2. The van der Waals surface area contributed by atoms with Crippen molar-refractivity contribution < 1.29 is 9.50 Å². The Morgan fingerprint density at radius 3 is 2.63 bits per heavy atom. The van der Waals surface area contributed by atoms with E-state index >= 15 is 0 Å². The second-order valence-corrected chi connectivity index (χ2v) is 5.14. The van der Waals surface area contributed by atoms with Gasteiger partial charge in [-0.25, -0.2) is 4.39 Å². The molecule has 0 fully saturated rings. The van der Waals surface area contributed by atoms with Gasteiger partial charge in [0, 0.05) is 23.2 Å². The predicted octanol–water partition coefficient (Wildman–Crippen LogP) is 1.34. The topological polar surface area (TPSA) is 49.5 Å². The number of aliphatic hydroxyl groups excluding tert-OH is 1. The summed E-state index contributed by atoms with van der Waals surface area (Å²) in [6.07, 6.45) is 0. The van der Waals surface area contributed by atoms with Gasteiger partial charge >= 0.3 is 0 Å². The fourth-order valence-corrected chi connectivity index (χ4v) is 1.50. The Morgan fingerprint density at radius 1 is 1.42 bits per heavy atom. The van der Waals surface area contributed by atoms with Crippen molar-refractivity contribution in [1.29, 1.82) is 0 Å². The number of benzene rings is 1. The second-order valence-electron chi connectivity index (χ2n) is 5.14. The summed E-state index contributed by atoms with van der Waals surface area (Å²) in [6, 6.07) is 4.92. The summed E-state index contributed by atoms with van der Waals surface area (Å²) >= 11 is 0. The number of halogens is 1. The van der Waals surface area contributed by atoms with E-state index in [1.165, 1.54) is 6.07 Å². The lowest BCUT2D eigenvalue weighted by molar-refractivity contribution is 0.0726. The van der Waals surface area contributed by atoms with Crippen LogP contribution in [0.2, 0.25) is 0 Å². The molecule has 1 aromatic carbocycles. The first-order valence-corrected chi connectivity index (χ1v) is 6.20. The fraction of sp³-hybridized carbons (Fsp3) is 0.467. The molecule has 0 saturated carbocycles. The summed E-state index contributed by atoms with van der Waals surface area (Å²) in [7, 11) is 1.86. The van der Waals surface area contributed by atoms with Crippen LogP contribution in [-0.4, -0.2) is 35.7 Å². The van der Waals surface area contributed by atoms with Gasteiger partial charge in [-0.05, 0) is 33.0 Å². The Bertz CT molecular complexity index is 489. The monoisotopic (exact) mass is 264 g/mol. The van der Waals surface area contributed by atoms with Crippen LogP contribution < -0.4 is 5.73 Å². The smallest absolute Gasteiger partial charge is 0.128 e. The van der Waals surface area contributed by atoms with Crippen molar-refractivity contribution in [2.75, 3.05) is 20.2 Å². The van der Waals surface area contributed by atoms with Crippen molar-refractivity contribution in [3.05, 3.63) is 35.1 Å². The molecule has 104 valence electrons. The Balaban J connectivity index is 2.86. The third kappa shape index (κ3) is 4.32. The van der Waals surface area contributed by atoms with E-state index in [2.05, 4.69) is 11.8 Å². The van der Waals surface area contributed by atoms with Crippen LogP contribution in [0.4, 0.5) is 4.39 Å². The van der Waals surface area contributed by atoms with Crippen molar-refractivity contribution in [2.45, 2.75) is 25.9 Å². The quantitative estimate of drug-likeness (QED) is 0.807. The molecule has 1 aromatic rings. The minimum atomic E-state index is -0.384. The number of hydrogen-bond acceptors (Lipinski definition) is 3. The van der Waals surface area contributed by atoms with Gasteiger partial charge in [-0.15, -0.1) is 0 Å². The summed E-state index contributed by atoms with van der Waals surface area (Å²) in [5, 5.41) is 9.29. The van der Waals surface area contributed by atoms with Gasteiger partial charge < -0.3 is 10.8 Å². The number of nitrogens with two attached hydrogens (primary N) is 1. The number of likely N-dealkylation sites (N-methyl/N-ethyl adjacent to an activating group) is 1. The van der Waals surface area contributed by atoms with Crippen molar-refractivity contribution in [1.82, 2.24) is 4.90 Å². The van der Waals surface area contributed by atoms with Crippen LogP contribution >= 0.6 is 0 Å². The zero-order chi connectivity index (χ0) is 14.5. The van der Waals surface area contributed by atoms with Gasteiger partial charge in [-0.3, -0.25) is 4.90 Å². The summed E-state index contributed by atoms with van der Waals surface area (Å²) in [5.41, 5.74) is 6.10. The molecular formula is C15H21FN2O. The molecule has 0 aromatic heterocycles. The van der Waals surface area contributed by atoms with E-state index in [1.807, 2.05) is 25.8 Å². The van der Waals surface area contributed by atoms with E-state index in [0.717, 1.165) is 0 Å². The third-order valence-electron chi connectivity index (χ3n) is 3.22. The van der Waals surface area contributed by atoms with Gasteiger partial charge in [0.05, 0.1) is 13.2 Å². The molecule has 3 N–H and O–H groups in total. The van der Waals surface area contributed by atoms with Gasteiger partial charge in [0.15, 0.2) is 0 Å². The molecule has 0 radical (unpaired) electrons. The van der Waals surface area contributed by atoms with Crippen LogP contribution in [0, 0.1) is 17.7 Å². The van der Waals surface area contributed by atoms with Gasteiger partial charge in [0.25, 0.3) is 0 Å². The van der Waals surface area contributed by atoms with Crippen LogP contribution in [-0.2, 0) is 6.54 Å². The molecule has 0 bridgehead atoms. The van der Waals surface area contributed by atoms with Gasteiger partial charge in [0.1, 0.15) is 5.82 Å². The molecule has 3 nitrogen and oxygen atoms in total. The molecule has 0 atom stereocenters. The fourth-order valence-electron chi connectivity index (χ4n) is 1.50. The minimum absolute atomic E-state index is 0.0190. The maximum absolute atomic E-state index is 13.9. The summed E-state index contributed by atoms with van der Waals surface area (Å²) < 4.78 is 13.9. The third-order valence-corrected chi connectivity index (χ3v) is 3.22. The normalized spacial score (nSPS) is 11.3. The first kappa shape index (κ1) is 15.6. The standard InChI is InChI=1S/C15H21FN2O/c1-15(2,11-19)18(3)10-13-7-6-12(5-4-8-17)9-14(13)16/h6-7,9,19H,8,10-11,17H2,1-3H3. The largest absolute Gasteiger partial charge is 0.394 e. The average molecular weight is 264 g/mol. The first-order valence-electron chi connectivity index (χ1n) is 6.20. The Hall–Kier alpha value is -1.41. The lowest BCUT2D eigenvalue weighted by atomic mass is 10.0. The Labute approximate surface area is 114 Å². The lowest BCUT2D eigenvalue weighted by Crippen LogP contribution is -2.43. The van der Waals surface area contributed by atoms with E-state index < -0.39 is 0 Å².